The molecule has 0 aromatic rings. The molecule has 19 heavy (non-hydrogen) atoms. The van der Waals surface area contributed by atoms with E-state index in [9.17, 15) is 4.79 Å². The van der Waals surface area contributed by atoms with Gasteiger partial charge in [0.2, 0.25) is 0 Å². The number of hydrogen-bond acceptors (Lipinski definition) is 4. The first-order valence-electron chi connectivity index (χ1n) is 6.94. The first kappa shape index (κ1) is 11.4. The summed E-state index contributed by atoms with van der Waals surface area (Å²) in [6.45, 7) is 2.03. The number of allylic oxidation sites excluding steroid dienone is 2. The van der Waals surface area contributed by atoms with Crippen molar-refractivity contribution in [2.45, 2.75) is 24.5 Å². The fourth-order valence-corrected chi connectivity index (χ4v) is 3.70. The lowest BCUT2D eigenvalue weighted by molar-refractivity contribution is -0.155. The maximum atomic E-state index is 12.2. The molecule has 1 aliphatic carbocycles. The molecule has 100 valence electrons. The lowest BCUT2D eigenvalue weighted by atomic mass is 9.75. The minimum absolute atomic E-state index is 0.0710. The standard InChI is InChI=1S/C15H17NO3/c17-14-11-9-16-12-4-2-1-3-10(12)13(11)15(19-14)5-7-18-8-6-15/h1-4,11-12,16H,5-9H2. The van der Waals surface area contributed by atoms with Crippen LogP contribution in [0.4, 0.5) is 0 Å². The maximum absolute atomic E-state index is 12.2. The molecule has 2 atom stereocenters. The lowest BCUT2D eigenvalue weighted by Gasteiger charge is -2.38. The van der Waals surface area contributed by atoms with Gasteiger partial charge in [0, 0.05) is 19.4 Å². The fourth-order valence-electron chi connectivity index (χ4n) is 3.70. The SMILES string of the molecule is O=C1OC2(CCOCC2)C2=C3C=CC=CC3NCC12. The van der Waals surface area contributed by atoms with Crippen LogP contribution in [0.1, 0.15) is 12.8 Å². The number of esters is 1. The Morgan fingerprint density at radius 1 is 1.26 bits per heavy atom. The monoisotopic (exact) mass is 259 g/mol. The van der Waals surface area contributed by atoms with Gasteiger partial charge in [0.15, 0.2) is 0 Å². The van der Waals surface area contributed by atoms with Gasteiger partial charge in [-0.05, 0) is 11.1 Å². The summed E-state index contributed by atoms with van der Waals surface area (Å²) in [6, 6.07) is 0.227. The molecule has 0 aromatic heterocycles. The normalized spacial score (nSPS) is 35.3. The van der Waals surface area contributed by atoms with Gasteiger partial charge in [0.1, 0.15) is 5.60 Å². The summed E-state index contributed by atoms with van der Waals surface area (Å²) in [6.07, 6.45) is 9.94. The van der Waals surface area contributed by atoms with Gasteiger partial charge >= 0.3 is 5.97 Å². The first-order valence-corrected chi connectivity index (χ1v) is 6.94. The second-order valence-corrected chi connectivity index (χ2v) is 5.58. The van der Waals surface area contributed by atoms with E-state index in [0.29, 0.717) is 19.8 Å². The average Bonchev–Trinajstić information content (AvgIpc) is 2.73. The Balaban J connectivity index is 1.86. The number of fused-ring (bicyclic) bond motifs is 3. The molecule has 2 saturated heterocycles. The summed E-state index contributed by atoms with van der Waals surface area (Å²) in [5.41, 5.74) is 2.04. The molecule has 1 N–H and O–H groups in total. The molecule has 0 aromatic carbocycles. The Labute approximate surface area is 112 Å². The highest BCUT2D eigenvalue weighted by Crippen LogP contribution is 2.47. The highest BCUT2D eigenvalue weighted by Gasteiger charge is 2.54. The van der Waals surface area contributed by atoms with Crippen LogP contribution in [0, 0.1) is 5.92 Å². The molecule has 2 fully saturated rings. The van der Waals surface area contributed by atoms with Gasteiger partial charge in [-0.1, -0.05) is 24.3 Å². The van der Waals surface area contributed by atoms with E-state index in [-0.39, 0.29) is 17.9 Å². The average molecular weight is 259 g/mol. The Kier molecular flexibility index (Phi) is 2.44. The van der Waals surface area contributed by atoms with Gasteiger partial charge in [0.05, 0.1) is 25.2 Å². The van der Waals surface area contributed by atoms with Crippen molar-refractivity contribution in [2.75, 3.05) is 19.8 Å². The first-order chi connectivity index (χ1) is 9.30. The number of carbonyl (C=O) groups is 1. The van der Waals surface area contributed by atoms with Gasteiger partial charge in [0.25, 0.3) is 0 Å². The molecular formula is C15H17NO3. The molecule has 3 aliphatic heterocycles. The second kappa shape index (κ2) is 4.05. The number of carbonyl (C=O) groups excluding carboxylic acids is 1. The zero-order valence-corrected chi connectivity index (χ0v) is 10.7. The van der Waals surface area contributed by atoms with Crippen molar-refractivity contribution >= 4 is 5.97 Å². The minimum Gasteiger partial charge on any atom is -0.454 e. The van der Waals surface area contributed by atoms with Crippen molar-refractivity contribution in [3.05, 3.63) is 35.5 Å². The molecule has 0 saturated carbocycles. The van der Waals surface area contributed by atoms with E-state index in [1.54, 1.807) is 0 Å². The van der Waals surface area contributed by atoms with Gasteiger partial charge in [-0.25, -0.2) is 0 Å². The molecule has 3 heterocycles. The molecule has 1 spiro atoms. The van der Waals surface area contributed by atoms with Gasteiger partial charge in [-0.15, -0.1) is 0 Å². The van der Waals surface area contributed by atoms with E-state index in [1.807, 2.05) is 6.08 Å². The molecule has 0 radical (unpaired) electrons. The van der Waals surface area contributed by atoms with Crippen molar-refractivity contribution in [2.24, 2.45) is 5.92 Å². The van der Waals surface area contributed by atoms with Crippen LogP contribution in [0.15, 0.2) is 35.5 Å². The van der Waals surface area contributed by atoms with Crippen molar-refractivity contribution in [3.8, 4) is 0 Å². The Morgan fingerprint density at radius 2 is 2.11 bits per heavy atom. The van der Waals surface area contributed by atoms with Crippen molar-refractivity contribution in [1.29, 1.82) is 0 Å². The number of rotatable bonds is 0. The third-order valence-corrected chi connectivity index (χ3v) is 4.60. The summed E-state index contributed by atoms with van der Waals surface area (Å²) < 4.78 is 11.3. The van der Waals surface area contributed by atoms with E-state index in [4.69, 9.17) is 9.47 Å². The van der Waals surface area contributed by atoms with Crippen LogP contribution in [0.2, 0.25) is 0 Å². The van der Waals surface area contributed by atoms with E-state index < -0.39 is 5.60 Å². The Hall–Kier alpha value is -1.39. The Morgan fingerprint density at radius 3 is 2.95 bits per heavy atom. The molecule has 2 unspecified atom stereocenters. The van der Waals surface area contributed by atoms with E-state index in [1.165, 1.54) is 11.1 Å². The number of nitrogens with one attached hydrogen (secondary N) is 1. The predicted molar refractivity (Wildman–Crippen MR) is 69.5 cm³/mol. The van der Waals surface area contributed by atoms with Crippen LogP contribution in [0.3, 0.4) is 0 Å². The Bertz CT molecular complexity index is 511. The third-order valence-electron chi connectivity index (χ3n) is 4.60. The number of ether oxygens (including phenoxy) is 2. The van der Waals surface area contributed by atoms with E-state index in [0.717, 1.165) is 12.8 Å². The van der Waals surface area contributed by atoms with Crippen LogP contribution in [0.25, 0.3) is 0 Å². The van der Waals surface area contributed by atoms with Crippen molar-refractivity contribution in [3.63, 3.8) is 0 Å². The summed E-state index contributed by atoms with van der Waals surface area (Å²) in [4.78, 5) is 12.2. The maximum Gasteiger partial charge on any atom is 0.315 e. The molecular weight excluding hydrogens is 242 g/mol. The quantitative estimate of drug-likeness (QED) is 0.662. The molecule has 0 amide bonds. The molecule has 0 bridgehead atoms. The summed E-state index contributed by atoms with van der Waals surface area (Å²) in [5.74, 6) is -0.182. The van der Waals surface area contributed by atoms with Gasteiger partial charge < -0.3 is 14.8 Å². The predicted octanol–water partition coefficient (Wildman–Crippen LogP) is 1.10. The second-order valence-electron chi connectivity index (χ2n) is 5.58. The smallest absolute Gasteiger partial charge is 0.315 e. The number of hydrogen-bond donors (Lipinski definition) is 1. The van der Waals surface area contributed by atoms with E-state index in [2.05, 4.69) is 23.5 Å². The highest BCUT2D eigenvalue weighted by atomic mass is 16.6. The van der Waals surface area contributed by atoms with Crippen LogP contribution in [0.5, 0.6) is 0 Å². The van der Waals surface area contributed by atoms with Crippen LogP contribution in [-0.2, 0) is 14.3 Å². The van der Waals surface area contributed by atoms with Crippen molar-refractivity contribution in [1.82, 2.24) is 5.32 Å². The van der Waals surface area contributed by atoms with Crippen LogP contribution in [-0.4, -0.2) is 37.4 Å². The molecule has 4 nitrogen and oxygen atoms in total. The zero-order chi connectivity index (χ0) is 12.9. The third kappa shape index (κ3) is 1.56. The van der Waals surface area contributed by atoms with E-state index >= 15 is 0 Å². The summed E-state index contributed by atoms with van der Waals surface area (Å²) in [7, 11) is 0. The minimum atomic E-state index is -0.398. The lowest BCUT2D eigenvalue weighted by Crippen LogP contribution is -2.45. The topological polar surface area (TPSA) is 47.6 Å². The van der Waals surface area contributed by atoms with Crippen LogP contribution < -0.4 is 5.32 Å². The molecule has 4 aliphatic rings. The van der Waals surface area contributed by atoms with Gasteiger partial charge in [-0.3, -0.25) is 4.79 Å². The highest BCUT2D eigenvalue weighted by molar-refractivity contribution is 5.83. The summed E-state index contributed by atoms with van der Waals surface area (Å²) >= 11 is 0. The van der Waals surface area contributed by atoms with Gasteiger partial charge in [-0.2, -0.15) is 0 Å². The largest absolute Gasteiger partial charge is 0.454 e. The van der Waals surface area contributed by atoms with Crippen LogP contribution >= 0.6 is 0 Å². The zero-order valence-electron chi connectivity index (χ0n) is 10.7. The molecule has 4 heteroatoms. The fraction of sp³-hybridized carbons (Fsp3) is 0.533. The summed E-state index contributed by atoms with van der Waals surface area (Å²) in [5, 5.41) is 3.42. The molecule has 4 rings (SSSR count). The van der Waals surface area contributed by atoms with Crippen molar-refractivity contribution < 1.29 is 14.3 Å².